The van der Waals surface area contributed by atoms with E-state index >= 15 is 0 Å². The van der Waals surface area contributed by atoms with Crippen molar-refractivity contribution in [2.24, 2.45) is 28.1 Å². The summed E-state index contributed by atoms with van der Waals surface area (Å²) in [5, 5.41) is 26.9. The molecule has 212 valence electrons. The first-order chi connectivity index (χ1) is 17.8. The van der Waals surface area contributed by atoms with Gasteiger partial charge in [0.2, 0.25) is 17.7 Å². The molecule has 13 heteroatoms. The number of guanidine groups is 1. The number of benzene rings is 1. The molecule has 0 aromatic heterocycles. The Bertz CT molecular complexity index is 951. The van der Waals surface area contributed by atoms with Crippen LogP contribution in [0.4, 0.5) is 0 Å². The number of amides is 3. The van der Waals surface area contributed by atoms with Crippen LogP contribution in [0, 0.1) is 5.92 Å². The number of carboxylic acids is 1. The van der Waals surface area contributed by atoms with Crippen LogP contribution in [0.5, 0.6) is 0 Å². The average Bonchev–Trinajstić information content (AvgIpc) is 2.84. The highest BCUT2D eigenvalue weighted by molar-refractivity contribution is 5.94. The van der Waals surface area contributed by atoms with E-state index < -0.39 is 54.0 Å². The Morgan fingerprint density at radius 3 is 1.97 bits per heavy atom. The molecule has 5 atom stereocenters. The van der Waals surface area contributed by atoms with Gasteiger partial charge in [-0.3, -0.25) is 19.4 Å². The van der Waals surface area contributed by atoms with Crippen LogP contribution in [-0.2, 0) is 25.6 Å². The van der Waals surface area contributed by atoms with E-state index in [1.165, 1.54) is 6.92 Å². The highest BCUT2D eigenvalue weighted by atomic mass is 16.4. The third kappa shape index (κ3) is 12.0. The highest BCUT2D eigenvalue weighted by Gasteiger charge is 2.31. The van der Waals surface area contributed by atoms with Crippen LogP contribution in [0.3, 0.4) is 0 Å². The van der Waals surface area contributed by atoms with E-state index in [1.807, 2.05) is 13.8 Å². The van der Waals surface area contributed by atoms with Crippen molar-refractivity contribution in [1.82, 2.24) is 16.0 Å². The van der Waals surface area contributed by atoms with E-state index in [-0.39, 0.29) is 37.7 Å². The predicted octanol–water partition coefficient (Wildman–Crippen LogP) is -1.42. The van der Waals surface area contributed by atoms with Crippen molar-refractivity contribution in [2.75, 3.05) is 6.54 Å². The fourth-order valence-electron chi connectivity index (χ4n) is 3.56. The van der Waals surface area contributed by atoms with Crippen LogP contribution in [0.15, 0.2) is 35.3 Å². The maximum atomic E-state index is 13.2. The van der Waals surface area contributed by atoms with Gasteiger partial charge in [0.05, 0.1) is 6.10 Å². The number of aliphatic hydroxyl groups is 1. The molecule has 0 radical (unpaired) electrons. The molecule has 0 fully saturated rings. The summed E-state index contributed by atoms with van der Waals surface area (Å²) < 4.78 is 0. The summed E-state index contributed by atoms with van der Waals surface area (Å²) in [5.41, 5.74) is 17.1. The lowest BCUT2D eigenvalue weighted by atomic mass is 10.0. The summed E-state index contributed by atoms with van der Waals surface area (Å²) in [4.78, 5) is 54.5. The van der Waals surface area contributed by atoms with Crippen molar-refractivity contribution in [3.05, 3.63) is 35.9 Å². The number of nitrogens with two attached hydrogens (primary N) is 3. The second-order valence-electron chi connectivity index (χ2n) is 9.56. The van der Waals surface area contributed by atoms with Crippen molar-refractivity contribution in [3.8, 4) is 0 Å². The molecule has 38 heavy (non-hydrogen) atoms. The van der Waals surface area contributed by atoms with Gasteiger partial charge in [0, 0.05) is 13.0 Å². The lowest BCUT2D eigenvalue weighted by Crippen LogP contribution is -2.58. The van der Waals surface area contributed by atoms with Crippen LogP contribution in [0.1, 0.15) is 45.6 Å². The van der Waals surface area contributed by atoms with Gasteiger partial charge in [0.1, 0.15) is 24.2 Å². The zero-order chi connectivity index (χ0) is 28.8. The Labute approximate surface area is 222 Å². The molecule has 0 aliphatic carbocycles. The molecule has 0 heterocycles. The number of hydrogen-bond donors (Lipinski definition) is 8. The maximum absolute atomic E-state index is 13.2. The number of aliphatic imine (C=N–C) groups is 1. The standard InChI is InChI=1S/C25H41N7O6/c1-14(2)12-18(22(35)32-19(24(37)38)13-16-8-5-4-6-9-16)31-21(34)17(10-7-11-29-25(27)28)30-23(36)20(26)15(3)33/h4-6,8-9,14-15,17-20,33H,7,10-13,26H2,1-3H3,(H,30,36)(H,31,34)(H,32,35)(H,37,38)(H4,27,28,29)/t15-,17+,18+,19+,20+/m1/s1. The van der Waals surface area contributed by atoms with Crippen molar-refractivity contribution in [2.45, 2.75) is 76.7 Å². The van der Waals surface area contributed by atoms with Crippen molar-refractivity contribution in [1.29, 1.82) is 0 Å². The first-order valence-electron chi connectivity index (χ1n) is 12.5. The molecule has 0 aliphatic heterocycles. The number of hydrogen-bond acceptors (Lipinski definition) is 7. The fraction of sp³-hybridized carbons (Fsp3) is 0.560. The first-order valence-corrected chi connectivity index (χ1v) is 12.5. The maximum Gasteiger partial charge on any atom is 0.326 e. The van der Waals surface area contributed by atoms with E-state index in [0.717, 1.165) is 5.56 Å². The summed E-state index contributed by atoms with van der Waals surface area (Å²) in [5.74, 6) is -3.45. The zero-order valence-electron chi connectivity index (χ0n) is 22.1. The number of aliphatic carboxylic acids is 1. The molecule has 11 N–H and O–H groups in total. The largest absolute Gasteiger partial charge is 0.480 e. The summed E-state index contributed by atoms with van der Waals surface area (Å²) in [7, 11) is 0. The van der Waals surface area contributed by atoms with E-state index in [9.17, 15) is 29.4 Å². The van der Waals surface area contributed by atoms with Gasteiger partial charge in [-0.15, -0.1) is 0 Å². The van der Waals surface area contributed by atoms with Gasteiger partial charge in [0.25, 0.3) is 0 Å². The molecule has 0 unspecified atom stereocenters. The third-order valence-corrected chi connectivity index (χ3v) is 5.64. The highest BCUT2D eigenvalue weighted by Crippen LogP contribution is 2.09. The van der Waals surface area contributed by atoms with Crippen molar-refractivity contribution >= 4 is 29.7 Å². The van der Waals surface area contributed by atoms with Gasteiger partial charge >= 0.3 is 5.97 Å². The number of carbonyl (C=O) groups is 4. The van der Waals surface area contributed by atoms with Gasteiger partial charge in [0.15, 0.2) is 5.96 Å². The van der Waals surface area contributed by atoms with Gasteiger partial charge in [-0.25, -0.2) is 4.79 Å². The molecular weight excluding hydrogens is 494 g/mol. The summed E-state index contributed by atoms with van der Waals surface area (Å²) >= 11 is 0. The average molecular weight is 536 g/mol. The SMILES string of the molecule is CC(C)C[C@H](NC(=O)[C@H](CCCN=C(N)N)NC(=O)[C@@H](N)[C@@H](C)O)C(=O)N[C@@H](Cc1ccccc1)C(=O)O. The lowest BCUT2D eigenvalue weighted by Gasteiger charge is -2.26. The number of carbonyl (C=O) groups excluding carboxylic acids is 3. The van der Waals surface area contributed by atoms with Crippen molar-refractivity contribution in [3.63, 3.8) is 0 Å². The summed E-state index contributed by atoms with van der Waals surface area (Å²) in [6, 6.07) is 4.18. The predicted molar refractivity (Wildman–Crippen MR) is 143 cm³/mol. The Morgan fingerprint density at radius 2 is 1.45 bits per heavy atom. The van der Waals surface area contributed by atoms with E-state index in [0.29, 0.717) is 6.42 Å². The number of nitrogens with zero attached hydrogens (tertiary/aromatic N) is 1. The molecule has 1 rings (SSSR count). The molecule has 1 aromatic rings. The molecule has 0 spiro atoms. The third-order valence-electron chi connectivity index (χ3n) is 5.64. The Morgan fingerprint density at radius 1 is 0.895 bits per heavy atom. The molecule has 0 saturated carbocycles. The second kappa shape index (κ2) is 16.2. The lowest BCUT2D eigenvalue weighted by molar-refractivity contribution is -0.142. The smallest absolute Gasteiger partial charge is 0.326 e. The van der Waals surface area contributed by atoms with E-state index in [1.54, 1.807) is 30.3 Å². The normalized spacial score (nSPS) is 14.9. The summed E-state index contributed by atoms with van der Waals surface area (Å²) in [6.45, 7) is 5.23. The van der Waals surface area contributed by atoms with Crippen LogP contribution in [0.2, 0.25) is 0 Å². The molecule has 1 aromatic carbocycles. The summed E-state index contributed by atoms with van der Waals surface area (Å²) in [6.07, 6.45) is -0.443. The van der Waals surface area contributed by atoms with Crippen LogP contribution in [-0.4, -0.2) is 76.7 Å². The van der Waals surface area contributed by atoms with E-state index in [2.05, 4.69) is 20.9 Å². The Balaban J connectivity index is 3.04. The number of rotatable bonds is 16. The number of aliphatic hydroxyl groups excluding tert-OH is 1. The van der Waals surface area contributed by atoms with Crippen LogP contribution < -0.4 is 33.2 Å². The monoisotopic (exact) mass is 535 g/mol. The topological polar surface area (TPSA) is 235 Å². The fourth-order valence-corrected chi connectivity index (χ4v) is 3.56. The Kier molecular flexibility index (Phi) is 13.8. The molecule has 0 bridgehead atoms. The minimum atomic E-state index is -1.27. The van der Waals surface area contributed by atoms with Crippen LogP contribution in [0.25, 0.3) is 0 Å². The second-order valence-corrected chi connectivity index (χ2v) is 9.56. The van der Waals surface area contributed by atoms with E-state index in [4.69, 9.17) is 17.2 Å². The number of nitrogens with one attached hydrogen (secondary N) is 3. The molecule has 3 amide bonds. The van der Waals surface area contributed by atoms with Gasteiger partial charge in [-0.2, -0.15) is 0 Å². The molecular formula is C25H41N7O6. The van der Waals surface area contributed by atoms with Gasteiger partial charge in [-0.05, 0) is 37.7 Å². The first kappa shape index (κ1) is 32.3. The minimum Gasteiger partial charge on any atom is -0.480 e. The Hall–Kier alpha value is -3.71. The zero-order valence-corrected chi connectivity index (χ0v) is 22.1. The van der Waals surface area contributed by atoms with Crippen molar-refractivity contribution < 1.29 is 29.4 Å². The van der Waals surface area contributed by atoms with Gasteiger partial charge < -0.3 is 43.4 Å². The minimum absolute atomic E-state index is 0.0259. The molecule has 13 nitrogen and oxygen atoms in total. The molecule has 0 saturated heterocycles. The van der Waals surface area contributed by atoms with Gasteiger partial charge in [-0.1, -0.05) is 44.2 Å². The molecule has 0 aliphatic rings. The quantitative estimate of drug-likeness (QED) is 0.0703. The number of carboxylic acid groups (broad SMARTS) is 1. The van der Waals surface area contributed by atoms with Crippen LogP contribution >= 0.6 is 0 Å².